The molecule has 0 aliphatic carbocycles. The highest BCUT2D eigenvalue weighted by molar-refractivity contribution is 8.00. The fraction of sp³-hybridized carbons (Fsp3) is 0.333. The van der Waals surface area contributed by atoms with Crippen molar-refractivity contribution in [1.29, 1.82) is 0 Å². The van der Waals surface area contributed by atoms with Crippen LogP contribution in [0, 0.1) is 5.82 Å². The van der Waals surface area contributed by atoms with Crippen LogP contribution in [0.1, 0.15) is 0 Å². The standard InChI is InChI=1S/C9H12FNO2S2/c1-15(12,13)5-4-14-7-2-3-9(11)8(10)6-7/h2-3,6H,4-5,11H2,1H3. The molecule has 0 atom stereocenters. The molecule has 0 aliphatic heterocycles. The average molecular weight is 249 g/mol. The van der Waals surface area contributed by atoms with Crippen molar-refractivity contribution in [2.75, 3.05) is 23.5 Å². The van der Waals surface area contributed by atoms with Gasteiger partial charge >= 0.3 is 0 Å². The van der Waals surface area contributed by atoms with E-state index in [0.717, 1.165) is 0 Å². The molecule has 15 heavy (non-hydrogen) atoms. The molecule has 0 bridgehead atoms. The molecule has 6 heteroatoms. The molecule has 0 fully saturated rings. The molecule has 3 nitrogen and oxygen atoms in total. The lowest BCUT2D eigenvalue weighted by atomic mass is 10.3. The number of sulfone groups is 1. The summed E-state index contributed by atoms with van der Waals surface area (Å²) in [4.78, 5) is 0.686. The van der Waals surface area contributed by atoms with E-state index in [1.165, 1.54) is 30.2 Å². The van der Waals surface area contributed by atoms with Crippen LogP contribution >= 0.6 is 11.8 Å². The maximum Gasteiger partial charge on any atom is 0.148 e. The maximum absolute atomic E-state index is 13.0. The number of anilines is 1. The number of halogens is 1. The summed E-state index contributed by atoms with van der Waals surface area (Å²) in [5, 5.41) is 0. The van der Waals surface area contributed by atoms with Gasteiger partial charge in [-0.3, -0.25) is 0 Å². The minimum absolute atomic E-state index is 0.0870. The molecule has 0 saturated carbocycles. The van der Waals surface area contributed by atoms with Gasteiger partial charge in [0.1, 0.15) is 15.7 Å². The second kappa shape index (κ2) is 4.85. The van der Waals surface area contributed by atoms with Crippen molar-refractivity contribution in [3.8, 4) is 0 Å². The van der Waals surface area contributed by atoms with Gasteiger partial charge in [-0.05, 0) is 18.2 Å². The highest BCUT2D eigenvalue weighted by Crippen LogP contribution is 2.21. The molecule has 0 radical (unpaired) electrons. The summed E-state index contributed by atoms with van der Waals surface area (Å²) in [5.41, 5.74) is 5.41. The quantitative estimate of drug-likeness (QED) is 0.649. The normalized spacial score (nSPS) is 11.6. The maximum atomic E-state index is 13.0. The number of benzene rings is 1. The first-order chi connectivity index (χ1) is 6.88. The fourth-order valence-electron chi connectivity index (χ4n) is 0.909. The van der Waals surface area contributed by atoms with Gasteiger partial charge in [0.05, 0.1) is 11.4 Å². The van der Waals surface area contributed by atoms with E-state index in [2.05, 4.69) is 0 Å². The largest absolute Gasteiger partial charge is 0.396 e. The highest BCUT2D eigenvalue weighted by Gasteiger charge is 2.04. The lowest BCUT2D eigenvalue weighted by molar-refractivity contribution is 0.603. The molecule has 0 amide bonds. The Labute approximate surface area is 92.8 Å². The van der Waals surface area contributed by atoms with Crippen molar-refractivity contribution in [2.24, 2.45) is 0 Å². The van der Waals surface area contributed by atoms with E-state index < -0.39 is 15.7 Å². The summed E-state index contributed by atoms with van der Waals surface area (Å²) >= 11 is 1.30. The van der Waals surface area contributed by atoms with E-state index in [0.29, 0.717) is 10.6 Å². The van der Waals surface area contributed by atoms with Crippen LogP contribution in [0.2, 0.25) is 0 Å². The zero-order valence-corrected chi connectivity index (χ0v) is 9.87. The lowest BCUT2D eigenvalue weighted by Crippen LogP contribution is -2.04. The second-order valence-electron chi connectivity index (χ2n) is 3.16. The summed E-state index contributed by atoms with van der Waals surface area (Å²) in [5.74, 6) is 0.0330. The monoisotopic (exact) mass is 249 g/mol. The van der Waals surface area contributed by atoms with E-state index in [9.17, 15) is 12.8 Å². The van der Waals surface area contributed by atoms with Crippen LogP contribution in [0.4, 0.5) is 10.1 Å². The number of rotatable bonds is 4. The van der Waals surface area contributed by atoms with Gasteiger partial charge in [0.2, 0.25) is 0 Å². The Hall–Kier alpha value is -0.750. The zero-order valence-electron chi connectivity index (χ0n) is 8.23. The third-order valence-electron chi connectivity index (χ3n) is 1.69. The zero-order chi connectivity index (χ0) is 11.5. The predicted octanol–water partition coefficient (Wildman–Crippen LogP) is 1.54. The number of nitrogen functional groups attached to an aromatic ring is 1. The molecule has 84 valence electrons. The van der Waals surface area contributed by atoms with Crippen LogP contribution in [0.5, 0.6) is 0 Å². The summed E-state index contributed by atoms with van der Waals surface area (Å²) in [6, 6.07) is 4.45. The van der Waals surface area contributed by atoms with Gasteiger partial charge < -0.3 is 5.73 Å². The molecule has 1 aromatic carbocycles. The van der Waals surface area contributed by atoms with Crippen molar-refractivity contribution < 1.29 is 12.8 Å². The molecule has 0 unspecified atom stereocenters. The van der Waals surface area contributed by atoms with Gasteiger partial charge in [0, 0.05) is 16.9 Å². The van der Waals surface area contributed by atoms with Gasteiger partial charge in [-0.25, -0.2) is 12.8 Å². The van der Waals surface area contributed by atoms with Crippen LogP contribution in [0.3, 0.4) is 0 Å². The third-order valence-corrected chi connectivity index (χ3v) is 3.89. The molecule has 0 aliphatic rings. The topological polar surface area (TPSA) is 60.2 Å². The van der Waals surface area contributed by atoms with Crippen molar-refractivity contribution in [3.05, 3.63) is 24.0 Å². The lowest BCUT2D eigenvalue weighted by Gasteiger charge is -2.02. The Morgan fingerprint density at radius 1 is 1.47 bits per heavy atom. The second-order valence-corrected chi connectivity index (χ2v) is 6.59. The summed E-state index contributed by atoms with van der Waals surface area (Å²) < 4.78 is 34.7. The Morgan fingerprint density at radius 2 is 2.13 bits per heavy atom. The molecule has 2 N–H and O–H groups in total. The molecule has 1 aromatic rings. The Balaban J connectivity index is 2.55. The molecular weight excluding hydrogens is 237 g/mol. The highest BCUT2D eigenvalue weighted by atomic mass is 32.2. The van der Waals surface area contributed by atoms with Crippen LogP contribution < -0.4 is 5.73 Å². The number of nitrogens with two attached hydrogens (primary N) is 1. The van der Waals surface area contributed by atoms with Crippen molar-refractivity contribution >= 4 is 27.3 Å². The van der Waals surface area contributed by atoms with E-state index in [4.69, 9.17) is 5.73 Å². The summed E-state index contributed by atoms with van der Waals surface area (Å²) in [6.45, 7) is 0. The van der Waals surface area contributed by atoms with E-state index in [1.807, 2.05) is 0 Å². The fourth-order valence-corrected chi connectivity index (χ4v) is 3.04. The molecule has 0 heterocycles. The molecule has 0 spiro atoms. The van der Waals surface area contributed by atoms with Gasteiger partial charge in [0.25, 0.3) is 0 Å². The van der Waals surface area contributed by atoms with Crippen molar-refractivity contribution in [3.63, 3.8) is 0 Å². The predicted molar refractivity (Wildman–Crippen MR) is 61.2 cm³/mol. The summed E-state index contributed by atoms with van der Waals surface area (Å²) in [6.07, 6.45) is 1.18. The average Bonchev–Trinajstić information content (AvgIpc) is 2.09. The van der Waals surface area contributed by atoms with E-state index >= 15 is 0 Å². The van der Waals surface area contributed by atoms with Gasteiger partial charge in [-0.2, -0.15) is 0 Å². The Bertz CT molecular complexity index is 445. The number of hydrogen-bond donors (Lipinski definition) is 1. The third kappa shape index (κ3) is 4.53. The Morgan fingerprint density at radius 3 is 2.67 bits per heavy atom. The van der Waals surface area contributed by atoms with Crippen LogP contribution in [0.25, 0.3) is 0 Å². The number of thioether (sulfide) groups is 1. The first-order valence-corrected chi connectivity index (χ1v) is 7.28. The molecular formula is C9H12FNO2S2. The minimum atomic E-state index is -2.95. The smallest absolute Gasteiger partial charge is 0.148 e. The van der Waals surface area contributed by atoms with Crippen molar-refractivity contribution in [2.45, 2.75) is 4.90 Å². The van der Waals surface area contributed by atoms with Gasteiger partial charge in [0.15, 0.2) is 0 Å². The molecule has 0 aromatic heterocycles. The van der Waals surface area contributed by atoms with Crippen molar-refractivity contribution in [1.82, 2.24) is 0 Å². The minimum Gasteiger partial charge on any atom is -0.396 e. The number of hydrogen-bond acceptors (Lipinski definition) is 4. The van der Waals surface area contributed by atoms with Crippen LogP contribution in [0.15, 0.2) is 23.1 Å². The summed E-state index contributed by atoms with van der Waals surface area (Å²) in [7, 11) is -2.95. The SMILES string of the molecule is CS(=O)(=O)CCSc1ccc(N)c(F)c1. The van der Waals surface area contributed by atoms with Gasteiger partial charge in [-0.15, -0.1) is 11.8 Å². The van der Waals surface area contributed by atoms with Gasteiger partial charge in [-0.1, -0.05) is 0 Å². The molecule has 0 saturated heterocycles. The van der Waals surface area contributed by atoms with Crippen LogP contribution in [-0.4, -0.2) is 26.2 Å². The van der Waals surface area contributed by atoms with E-state index in [-0.39, 0.29) is 11.4 Å². The first-order valence-electron chi connectivity index (χ1n) is 4.24. The molecule has 1 rings (SSSR count). The Kier molecular flexibility index (Phi) is 3.98. The van der Waals surface area contributed by atoms with Crippen LogP contribution in [-0.2, 0) is 9.84 Å². The first kappa shape index (κ1) is 12.3. The van der Waals surface area contributed by atoms with E-state index in [1.54, 1.807) is 6.07 Å².